The number of aromatic carboxylic acids is 1. The number of halogens is 1. The Balaban J connectivity index is 2.11. The fraction of sp³-hybridized carbons (Fsp3) is 0.0667. The van der Waals surface area contributed by atoms with Gasteiger partial charge >= 0.3 is 12.0 Å². The number of amides is 2. The highest BCUT2D eigenvalue weighted by Gasteiger charge is 2.13. The summed E-state index contributed by atoms with van der Waals surface area (Å²) in [5.41, 5.74) is 2.58. The van der Waals surface area contributed by atoms with Crippen LogP contribution in [0.5, 0.6) is 5.75 Å². The number of carbonyl (C=O) groups excluding carboxylic acids is 1. The molecule has 2 aromatic rings. The number of benzene rings is 2. The highest BCUT2D eigenvalue weighted by molar-refractivity contribution is 6.04. The molecule has 4 N–H and O–H groups in total. The van der Waals surface area contributed by atoms with E-state index in [-0.39, 0.29) is 11.3 Å². The molecule has 0 bridgehead atoms. The summed E-state index contributed by atoms with van der Waals surface area (Å²) in [5, 5.41) is 13.9. The summed E-state index contributed by atoms with van der Waals surface area (Å²) in [7, 11) is 1.59. The largest absolute Gasteiger partial charge is 0.478 e. The van der Waals surface area contributed by atoms with Gasteiger partial charge in [0.1, 0.15) is 11.6 Å². The van der Waals surface area contributed by atoms with Crippen molar-refractivity contribution in [2.75, 3.05) is 17.7 Å². The van der Waals surface area contributed by atoms with Crippen LogP contribution in [0.4, 0.5) is 20.6 Å². The van der Waals surface area contributed by atoms with Gasteiger partial charge in [0.15, 0.2) is 0 Å². The van der Waals surface area contributed by atoms with Crippen molar-refractivity contribution < 1.29 is 23.9 Å². The van der Waals surface area contributed by atoms with E-state index in [1.807, 2.05) is 0 Å². The molecule has 0 atom stereocenters. The number of carbonyl (C=O) groups is 2. The Morgan fingerprint density at radius 1 is 1.13 bits per heavy atom. The normalized spacial score (nSPS) is 10.0. The second-order valence-corrected chi connectivity index (χ2v) is 4.41. The SMILES string of the molecule is CNOc1cccc(NC(=O)Nc2ccc(F)cc2C(=O)O)c1. The van der Waals surface area contributed by atoms with Crippen LogP contribution in [0.1, 0.15) is 10.4 Å². The molecular weight excluding hydrogens is 305 g/mol. The average molecular weight is 319 g/mol. The minimum Gasteiger partial charge on any atom is -0.478 e. The van der Waals surface area contributed by atoms with Gasteiger partial charge in [-0.25, -0.2) is 14.0 Å². The highest BCUT2D eigenvalue weighted by Crippen LogP contribution is 2.19. The Bertz CT molecular complexity index is 736. The zero-order valence-corrected chi connectivity index (χ0v) is 12.1. The molecule has 2 amide bonds. The van der Waals surface area contributed by atoms with Crippen molar-refractivity contribution in [3.8, 4) is 5.75 Å². The molecule has 7 nitrogen and oxygen atoms in total. The first-order valence-electron chi connectivity index (χ1n) is 6.54. The van der Waals surface area contributed by atoms with Gasteiger partial charge in [-0.1, -0.05) is 6.07 Å². The van der Waals surface area contributed by atoms with E-state index in [0.717, 1.165) is 12.1 Å². The summed E-state index contributed by atoms with van der Waals surface area (Å²) < 4.78 is 13.1. The topological polar surface area (TPSA) is 99.7 Å². The Kier molecular flexibility index (Phi) is 5.11. The number of nitrogens with one attached hydrogen (secondary N) is 3. The van der Waals surface area contributed by atoms with Crippen LogP contribution in [0.25, 0.3) is 0 Å². The molecule has 0 aliphatic heterocycles. The Morgan fingerprint density at radius 2 is 1.91 bits per heavy atom. The number of hydroxylamine groups is 1. The molecule has 0 spiro atoms. The lowest BCUT2D eigenvalue weighted by Crippen LogP contribution is -2.21. The molecule has 23 heavy (non-hydrogen) atoms. The number of carboxylic acid groups (broad SMARTS) is 1. The van der Waals surface area contributed by atoms with Crippen LogP contribution < -0.4 is 21.0 Å². The summed E-state index contributed by atoms with van der Waals surface area (Å²) >= 11 is 0. The first-order valence-corrected chi connectivity index (χ1v) is 6.54. The Labute approximate surface area is 131 Å². The summed E-state index contributed by atoms with van der Waals surface area (Å²) in [5.74, 6) is -1.56. The first-order chi connectivity index (χ1) is 11.0. The molecule has 120 valence electrons. The van der Waals surface area contributed by atoms with Crippen molar-refractivity contribution in [3.05, 3.63) is 53.8 Å². The standard InChI is InChI=1S/C15H14FN3O4/c1-17-23-11-4-2-3-10(8-11)18-15(22)19-13-6-5-9(16)7-12(13)14(20)21/h2-8,17H,1H3,(H,20,21)(H2,18,19,22). The van der Waals surface area contributed by atoms with Gasteiger partial charge in [-0.15, -0.1) is 0 Å². The van der Waals surface area contributed by atoms with Crippen LogP contribution in [0.15, 0.2) is 42.5 Å². The van der Waals surface area contributed by atoms with Crippen molar-refractivity contribution in [2.24, 2.45) is 0 Å². The second-order valence-electron chi connectivity index (χ2n) is 4.41. The molecule has 2 rings (SSSR count). The van der Waals surface area contributed by atoms with Crippen LogP contribution in [-0.2, 0) is 0 Å². The Morgan fingerprint density at radius 3 is 2.61 bits per heavy atom. The van der Waals surface area contributed by atoms with Gasteiger partial charge in [-0.05, 0) is 30.3 Å². The lowest BCUT2D eigenvalue weighted by Gasteiger charge is -2.11. The zero-order valence-electron chi connectivity index (χ0n) is 12.1. The van der Waals surface area contributed by atoms with Crippen molar-refractivity contribution in [1.82, 2.24) is 5.48 Å². The molecule has 0 heterocycles. The maximum atomic E-state index is 13.1. The van der Waals surface area contributed by atoms with Crippen molar-refractivity contribution in [2.45, 2.75) is 0 Å². The highest BCUT2D eigenvalue weighted by atomic mass is 19.1. The molecule has 2 aromatic carbocycles. The van der Waals surface area contributed by atoms with E-state index in [2.05, 4.69) is 16.1 Å². The molecule has 0 aliphatic rings. The van der Waals surface area contributed by atoms with Crippen molar-refractivity contribution >= 4 is 23.4 Å². The van der Waals surface area contributed by atoms with Gasteiger partial charge in [0, 0.05) is 18.8 Å². The van der Waals surface area contributed by atoms with Gasteiger partial charge in [0.2, 0.25) is 0 Å². The van der Waals surface area contributed by atoms with Gasteiger partial charge in [-0.2, -0.15) is 5.48 Å². The molecule has 0 saturated carbocycles. The lowest BCUT2D eigenvalue weighted by molar-refractivity contribution is 0.0697. The minimum absolute atomic E-state index is 0.0148. The van der Waals surface area contributed by atoms with Gasteiger partial charge in [0.25, 0.3) is 0 Å². The second kappa shape index (κ2) is 7.23. The van der Waals surface area contributed by atoms with E-state index < -0.39 is 17.8 Å². The predicted molar refractivity (Wildman–Crippen MR) is 82.1 cm³/mol. The quantitative estimate of drug-likeness (QED) is 0.635. The van der Waals surface area contributed by atoms with E-state index in [1.165, 1.54) is 6.07 Å². The number of urea groups is 1. The Hall–Kier alpha value is -3.13. The molecule has 0 aliphatic carbocycles. The maximum Gasteiger partial charge on any atom is 0.337 e. The van der Waals surface area contributed by atoms with Crippen LogP contribution in [0.3, 0.4) is 0 Å². The van der Waals surface area contributed by atoms with Gasteiger partial charge < -0.3 is 20.6 Å². The lowest BCUT2D eigenvalue weighted by atomic mass is 10.1. The van der Waals surface area contributed by atoms with E-state index in [9.17, 15) is 14.0 Å². The number of anilines is 2. The van der Waals surface area contributed by atoms with E-state index >= 15 is 0 Å². The van der Waals surface area contributed by atoms with Gasteiger partial charge in [0.05, 0.1) is 11.3 Å². The third kappa shape index (κ3) is 4.42. The maximum absolute atomic E-state index is 13.1. The minimum atomic E-state index is -1.34. The molecule has 0 unspecified atom stereocenters. The molecule has 0 fully saturated rings. The fourth-order valence-corrected chi connectivity index (χ4v) is 1.84. The summed E-state index contributed by atoms with van der Waals surface area (Å²) in [6, 6.07) is 8.96. The molecule has 0 radical (unpaired) electrons. The first kappa shape index (κ1) is 16.2. The van der Waals surface area contributed by atoms with Crippen LogP contribution in [0.2, 0.25) is 0 Å². The number of rotatable bonds is 5. The average Bonchev–Trinajstić information content (AvgIpc) is 2.49. The summed E-state index contributed by atoms with van der Waals surface area (Å²) in [4.78, 5) is 28.1. The monoisotopic (exact) mass is 319 g/mol. The van der Waals surface area contributed by atoms with E-state index in [4.69, 9.17) is 9.94 Å². The predicted octanol–water partition coefficient (Wildman–Crippen LogP) is 2.68. The fourth-order valence-electron chi connectivity index (χ4n) is 1.84. The summed E-state index contributed by atoms with van der Waals surface area (Å²) in [6.07, 6.45) is 0. The third-order valence-electron chi connectivity index (χ3n) is 2.77. The van der Waals surface area contributed by atoms with Crippen LogP contribution in [-0.4, -0.2) is 24.2 Å². The van der Waals surface area contributed by atoms with E-state index in [1.54, 1.807) is 31.3 Å². The summed E-state index contributed by atoms with van der Waals surface area (Å²) in [6.45, 7) is 0. The number of hydrogen-bond acceptors (Lipinski definition) is 4. The van der Waals surface area contributed by atoms with Crippen LogP contribution in [0, 0.1) is 5.82 Å². The zero-order chi connectivity index (χ0) is 16.8. The van der Waals surface area contributed by atoms with Gasteiger partial charge in [-0.3, -0.25) is 0 Å². The van der Waals surface area contributed by atoms with Crippen molar-refractivity contribution in [3.63, 3.8) is 0 Å². The third-order valence-corrected chi connectivity index (χ3v) is 2.77. The van der Waals surface area contributed by atoms with Crippen molar-refractivity contribution in [1.29, 1.82) is 0 Å². The molecule has 0 saturated heterocycles. The molecule has 0 aromatic heterocycles. The molecular formula is C15H14FN3O4. The van der Waals surface area contributed by atoms with Crippen LogP contribution >= 0.6 is 0 Å². The smallest absolute Gasteiger partial charge is 0.337 e. The molecule has 8 heteroatoms. The number of carboxylic acids is 1. The van der Waals surface area contributed by atoms with E-state index in [0.29, 0.717) is 11.4 Å². The number of hydrogen-bond donors (Lipinski definition) is 4.